The molecular formula is C58H90N4O11S2. The molecule has 1 aliphatic carbocycles. The molecule has 2 amide bonds. The molecule has 0 radical (unpaired) electrons. The van der Waals surface area contributed by atoms with Crippen molar-refractivity contribution < 1.29 is 52.5 Å². The molecular weight excluding hydrogens is 993 g/mol. The molecule has 17 heteroatoms. The number of primary amides is 1. The molecule has 4 aliphatic rings. The fourth-order valence-corrected chi connectivity index (χ4v) is 13.4. The van der Waals surface area contributed by atoms with Crippen LogP contribution in [0.15, 0.2) is 51.7 Å². The van der Waals surface area contributed by atoms with E-state index in [4.69, 9.17) is 35.2 Å². The maximum absolute atomic E-state index is 13.8. The summed E-state index contributed by atoms with van der Waals surface area (Å²) in [5.41, 5.74) is 10.9. The van der Waals surface area contributed by atoms with Gasteiger partial charge in [-0.3, -0.25) is 24.1 Å². The highest BCUT2D eigenvalue weighted by Gasteiger charge is 2.78. The van der Waals surface area contributed by atoms with Gasteiger partial charge in [-0.25, -0.2) is 9.59 Å². The number of piperazine rings is 1. The van der Waals surface area contributed by atoms with E-state index < -0.39 is 53.6 Å². The summed E-state index contributed by atoms with van der Waals surface area (Å²) in [6.45, 7) is 5.71. The van der Waals surface area contributed by atoms with E-state index in [0.29, 0.717) is 18.6 Å². The Morgan fingerprint density at radius 1 is 0.707 bits per heavy atom. The molecule has 0 bridgehead atoms. The first-order chi connectivity index (χ1) is 36.4. The molecule has 75 heavy (non-hydrogen) atoms. The number of ketones is 2. The molecule has 5 unspecified atom stereocenters. The van der Waals surface area contributed by atoms with Crippen molar-refractivity contribution >= 4 is 57.3 Å². The number of ether oxygens (including phenoxy) is 5. The molecule has 3 aliphatic heterocycles. The number of rotatable bonds is 40. The molecule has 1 aromatic carbocycles. The van der Waals surface area contributed by atoms with E-state index in [9.17, 15) is 28.8 Å². The van der Waals surface area contributed by atoms with Crippen molar-refractivity contribution in [1.29, 1.82) is 0 Å². The fraction of sp³-hybridized carbons (Fsp3) is 0.724. The van der Waals surface area contributed by atoms with E-state index in [2.05, 4.69) is 13.8 Å². The van der Waals surface area contributed by atoms with E-state index in [1.54, 1.807) is 4.90 Å². The lowest BCUT2D eigenvalue weighted by Crippen LogP contribution is -2.56. The maximum Gasteiger partial charge on any atom is 0.410 e. The van der Waals surface area contributed by atoms with Crippen molar-refractivity contribution in [2.24, 2.45) is 17.4 Å². The van der Waals surface area contributed by atoms with Crippen LogP contribution in [0.25, 0.3) is 0 Å². The van der Waals surface area contributed by atoms with E-state index in [1.165, 1.54) is 169 Å². The Hall–Kier alpha value is -4.22. The van der Waals surface area contributed by atoms with E-state index in [-0.39, 0.29) is 60.8 Å². The average molecular weight is 1080 g/mol. The van der Waals surface area contributed by atoms with Crippen molar-refractivity contribution in [1.82, 2.24) is 9.80 Å². The summed E-state index contributed by atoms with van der Waals surface area (Å²) in [6, 6.07) is 6.47. The molecule has 420 valence electrons. The topological polar surface area (TPSA) is 207 Å². The van der Waals surface area contributed by atoms with Crippen LogP contribution in [-0.4, -0.2) is 102 Å². The maximum atomic E-state index is 13.8. The Morgan fingerprint density at radius 2 is 1.23 bits per heavy atom. The second-order valence-electron chi connectivity index (χ2n) is 20.9. The highest BCUT2D eigenvalue weighted by molar-refractivity contribution is 8.76. The molecule has 0 aromatic heterocycles. The monoisotopic (exact) mass is 1080 g/mol. The Kier molecular flexibility index (Phi) is 27.2. The second-order valence-corrected chi connectivity index (χ2v) is 23.3. The fourth-order valence-electron chi connectivity index (χ4n) is 11.0. The predicted octanol–water partition coefficient (Wildman–Crippen LogP) is 12.6. The molecule has 5 rings (SSSR count). The molecule has 5 atom stereocenters. The number of nitrogens with two attached hydrogens (primary N) is 2. The number of fused-ring (bicyclic) bond motifs is 4. The highest BCUT2D eigenvalue weighted by Crippen LogP contribution is 2.60. The standard InChI is InChI=1S/C58H90N4O11S2/c1-5-7-9-11-13-15-17-19-21-23-25-27-29-35-48(63)70-39-44(73-49(64)36-30-28-26-24-22-20-18-16-14-12-10-8-6-2)41-74-75-47-34-32-31-33-43(47)38-72-57(68)62-46-37-61-52-50(54(66)51(59)42(3)53(52)65)45(40-71-56(60)67)58(61,69-4)55(46)62/h31-34,44-46,55H,5-30,35-41,59H2,1-4H3,(H2,60,67). The first-order valence-electron chi connectivity index (χ1n) is 28.6. The van der Waals surface area contributed by atoms with Gasteiger partial charge in [-0.1, -0.05) is 208 Å². The van der Waals surface area contributed by atoms with Gasteiger partial charge in [0.1, 0.15) is 32.0 Å². The number of carbonyl (C=O) groups is 6. The zero-order chi connectivity index (χ0) is 54.0. The van der Waals surface area contributed by atoms with Crippen molar-refractivity contribution in [3.63, 3.8) is 0 Å². The number of carbonyl (C=O) groups excluding carboxylic acids is 6. The number of nitrogens with zero attached hydrogens (tertiary/aromatic N) is 2. The number of benzene rings is 1. The van der Waals surface area contributed by atoms with Gasteiger partial charge in [0, 0.05) is 53.9 Å². The summed E-state index contributed by atoms with van der Waals surface area (Å²) in [6.07, 6.45) is 30.1. The summed E-state index contributed by atoms with van der Waals surface area (Å²) in [4.78, 5) is 83.0. The first kappa shape index (κ1) is 61.6. The molecule has 2 saturated heterocycles. The molecule has 2 fully saturated rings. The second kappa shape index (κ2) is 33.2. The number of hydrogen-bond acceptors (Lipinski definition) is 15. The smallest absolute Gasteiger partial charge is 0.410 e. The number of amides is 2. The average Bonchev–Trinajstić information content (AvgIpc) is 3.93. The van der Waals surface area contributed by atoms with Crippen LogP contribution in [-0.2, 0) is 49.5 Å². The van der Waals surface area contributed by atoms with Gasteiger partial charge in [0.15, 0.2) is 5.72 Å². The molecule has 1 aromatic rings. The van der Waals surface area contributed by atoms with Gasteiger partial charge in [-0.2, -0.15) is 0 Å². The summed E-state index contributed by atoms with van der Waals surface area (Å²) >= 11 is 0. The number of unbranched alkanes of at least 4 members (excludes halogenated alkanes) is 24. The van der Waals surface area contributed by atoms with Crippen molar-refractivity contribution in [2.75, 3.05) is 32.6 Å². The number of hydrogen-bond donors (Lipinski definition) is 2. The minimum absolute atomic E-state index is 0.0210. The van der Waals surface area contributed by atoms with Gasteiger partial charge in [-0.05, 0) is 25.8 Å². The van der Waals surface area contributed by atoms with Crippen LogP contribution < -0.4 is 11.5 Å². The van der Waals surface area contributed by atoms with Gasteiger partial charge < -0.3 is 40.1 Å². The predicted molar refractivity (Wildman–Crippen MR) is 295 cm³/mol. The van der Waals surface area contributed by atoms with Crippen molar-refractivity contribution in [3.05, 3.63) is 52.4 Å². The number of allylic oxidation sites excluding steroid dienone is 2. The summed E-state index contributed by atoms with van der Waals surface area (Å²) < 4.78 is 28.9. The Balaban J connectivity index is 1.08. The third-order valence-electron chi connectivity index (χ3n) is 15.3. The van der Waals surface area contributed by atoms with Crippen LogP contribution in [0.5, 0.6) is 0 Å². The minimum Gasteiger partial charge on any atom is -0.462 e. The lowest BCUT2D eigenvalue weighted by atomic mass is 9.82. The van der Waals surface area contributed by atoms with Crippen LogP contribution in [0.2, 0.25) is 0 Å². The largest absolute Gasteiger partial charge is 0.462 e. The van der Waals surface area contributed by atoms with E-state index in [0.717, 1.165) is 49.0 Å². The lowest BCUT2D eigenvalue weighted by Gasteiger charge is -2.40. The normalized spacial score (nSPS) is 20.0. The zero-order valence-electron chi connectivity index (χ0n) is 45.8. The highest BCUT2D eigenvalue weighted by atomic mass is 33.1. The Labute approximate surface area is 455 Å². The molecule has 0 spiro atoms. The third kappa shape index (κ3) is 18.2. The third-order valence-corrected chi connectivity index (χ3v) is 17.8. The quantitative estimate of drug-likeness (QED) is 0.0156. The Bertz CT molecular complexity index is 2080. The lowest BCUT2D eigenvalue weighted by molar-refractivity contribution is -0.157. The molecule has 0 saturated carbocycles. The number of methoxy groups -OCH3 is 1. The zero-order valence-corrected chi connectivity index (χ0v) is 47.4. The van der Waals surface area contributed by atoms with Gasteiger partial charge >= 0.3 is 24.1 Å². The SMILES string of the molecule is CCCCCCCCCCCCCCCC(=O)OCC(CSSc1ccccc1COC(=O)N1C2CN3C4=C(C(=O)C(N)=C(C)C4=O)C(COC(N)=O)C3(OC)C21)OC(=O)CCCCCCCCCCCCCCC. The van der Waals surface area contributed by atoms with Crippen molar-refractivity contribution in [2.45, 2.75) is 236 Å². The van der Waals surface area contributed by atoms with Gasteiger partial charge in [-0.15, -0.1) is 0 Å². The Morgan fingerprint density at radius 3 is 1.76 bits per heavy atom. The molecule has 4 N–H and O–H groups in total. The van der Waals surface area contributed by atoms with Crippen LogP contribution in [0.3, 0.4) is 0 Å². The van der Waals surface area contributed by atoms with Crippen molar-refractivity contribution in [3.8, 4) is 0 Å². The molecule has 3 heterocycles. The summed E-state index contributed by atoms with van der Waals surface area (Å²) in [5, 5.41) is 0. The van der Waals surface area contributed by atoms with Crippen LogP contribution in [0.4, 0.5) is 9.59 Å². The van der Waals surface area contributed by atoms with Gasteiger partial charge in [0.2, 0.25) is 11.6 Å². The van der Waals surface area contributed by atoms with Crippen LogP contribution >= 0.6 is 21.6 Å². The summed E-state index contributed by atoms with van der Waals surface area (Å²) in [5.74, 6) is -2.15. The first-order valence-corrected chi connectivity index (χ1v) is 30.9. The number of esters is 2. The number of Topliss-reactive ketones (excluding diaryl/α,β-unsaturated/α-hetero) is 2. The molecule has 15 nitrogen and oxygen atoms in total. The van der Waals surface area contributed by atoms with Gasteiger partial charge in [0.05, 0.1) is 23.4 Å². The minimum atomic E-state index is -1.42. The van der Waals surface area contributed by atoms with Gasteiger partial charge in [0.25, 0.3) is 0 Å². The van der Waals surface area contributed by atoms with Crippen LogP contribution in [0, 0.1) is 5.92 Å². The van der Waals surface area contributed by atoms with E-state index >= 15 is 0 Å². The van der Waals surface area contributed by atoms with Crippen LogP contribution in [0.1, 0.15) is 206 Å². The summed E-state index contributed by atoms with van der Waals surface area (Å²) in [7, 11) is 4.34. The van der Waals surface area contributed by atoms with E-state index in [1.807, 2.05) is 24.3 Å².